The standard InChI is InChI=1S/C22H23F3N2O3/c1-29-21-19(22(23,24)25)9-16(10-26-21)20(28)15-7-17-12-30-13-18(8-15)27(17)11-14-5-3-2-4-6-14/h2-6,9-10,15,17-18H,7-8,11-13H2,1H3. The van der Waals surface area contributed by atoms with Crippen LogP contribution in [0.15, 0.2) is 42.6 Å². The molecule has 2 fully saturated rings. The predicted molar refractivity (Wildman–Crippen MR) is 103 cm³/mol. The van der Waals surface area contributed by atoms with Gasteiger partial charge in [0.25, 0.3) is 0 Å². The van der Waals surface area contributed by atoms with Crippen LogP contribution in [0.4, 0.5) is 13.2 Å². The van der Waals surface area contributed by atoms with Crippen molar-refractivity contribution in [3.63, 3.8) is 0 Å². The molecule has 2 aromatic rings. The summed E-state index contributed by atoms with van der Waals surface area (Å²) in [4.78, 5) is 19.1. The van der Waals surface area contributed by atoms with Gasteiger partial charge in [0.15, 0.2) is 5.78 Å². The lowest BCUT2D eigenvalue weighted by Gasteiger charge is -2.48. The summed E-state index contributed by atoms with van der Waals surface area (Å²) in [6.45, 7) is 1.80. The van der Waals surface area contributed by atoms with E-state index in [1.165, 1.54) is 11.8 Å². The van der Waals surface area contributed by atoms with Gasteiger partial charge >= 0.3 is 6.18 Å². The van der Waals surface area contributed by atoms with Crippen molar-refractivity contribution < 1.29 is 27.4 Å². The van der Waals surface area contributed by atoms with Crippen LogP contribution in [0.25, 0.3) is 0 Å². The molecule has 0 N–H and O–H groups in total. The summed E-state index contributed by atoms with van der Waals surface area (Å²) in [5.41, 5.74) is 0.137. The molecule has 1 aromatic heterocycles. The van der Waals surface area contributed by atoms with Gasteiger partial charge in [0.1, 0.15) is 5.56 Å². The first-order chi connectivity index (χ1) is 14.4. The number of rotatable bonds is 5. The van der Waals surface area contributed by atoms with Crippen LogP contribution in [0.5, 0.6) is 5.88 Å². The fraction of sp³-hybridized carbons (Fsp3) is 0.455. The van der Waals surface area contributed by atoms with Gasteiger partial charge in [-0.3, -0.25) is 9.69 Å². The van der Waals surface area contributed by atoms with Gasteiger partial charge in [0.2, 0.25) is 5.88 Å². The number of morpholine rings is 1. The fourth-order valence-electron chi connectivity index (χ4n) is 4.44. The highest BCUT2D eigenvalue weighted by Crippen LogP contribution is 2.38. The van der Waals surface area contributed by atoms with Crippen molar-refractivity contribution in [2.75, 3.05) is 20.3 Å². The summed E-state index contributed by atoms with van der Waals surface area (Å²) in [5, 5.41) is 0. The first-order valence-electron chi connectivity index (χ1n) is 9.89. The van der Waals surface area contributed by atoms with Crippen molar-refractivity contribution in [3.8, 4) is 5.88 Å². The number of ketones is 1. The Morgan fingerprint density at radius 2 is 1.87 bits per heavy atom. The Bertz CT molecular complexity index is 890. The van der Waals surface area contributed by atoms with E-state index in [0.717, 1.165) is 19.7 Å². The largest absolute Gasteiger partial charge is 0.481 e. The summed E-state index contributed by atoms with van der Waals surface area (Å²) in [5.74, 6) is -1.18. The average Bonchev–Trinajstić information content (AvgIpc) is 2.72. The summed E-state index contributed by atoms with van der Waals surface area (Å²) < 4.78 is 50.4. The number of methoxy groups -OCH3 is 1. The van der Waals surface area contributed by atoms with E-state index in [-0.39, 0.29) is 29.3 Å². The average molecular weight is 420 g/mol. The highest BCUT2D eigenvalue weighted by molar-refractivity contribution is 5.98. The predicted octanol–water partition coefficient (Wildman–Crippen LogP) is 3.97. The molecule has 0 amide bonds. The minimum absolute atomic E-state index is 0.0244. The lowest BCUT2D eigenvalue weighted by atomic mass is 9.80. The number of pyridine rings is 1. The fourth-order valence-corrected chi connectivity index (χ4v) is 4.44. The second-order valence-electron chi connectivity index (χ2n) is 7.81. The minimum atomic E-state index is -4.64. The maximum atomic E-state index is 13.3. The van der Waals surface area contributed by atoms with E-state index in [2.05, 4.69) is 22.0 Å². The number of hydrogen-bond acceptors (Lipinski definition) is 5. The van der Waals surface area contributed by atoms with E-state index in [4.69, 9.17) is 9.47 Å². The normalized spacial score (nSPS) is 24.5. The van der Waals surface area contributed by atoms with Crippen LogP contribution >= 0.6 is 0 Å². The third-order valence-electron chi connectivity index (χ3n) is 5.88. The van der Waals surface area contributed by atoms with Crippen LogP contribution in [0.1, 0.15) is 34.3 Å². The van der Waals surface area contributed by atoms with E-state index < -0.39 is 17.6 Å². The van der Waals surface area contributed by atoms with Gasteiger partial charge < -0.3 is 9.47 Å². The Hall–Kier alpha value is -2.45. The molecule has 160 valence electrons. The number of benzene rings is 1. The Morgan fingerprint density at radius 3 is 2.47 bits per heavy atom. The molecule has 0 saturated carbocycles. The van der Waals surface area contributed by atoms with Crippen LogP contribution in [-0.4, -0.2) is 48.1 Å². The molecule has 4 rings (SSSR count). The van der Waals surface area contributed by atoms with Crippen LogP contribution in [0, 0.1) is 5.92 Å². The molecule has 5 nitrogen and oxygen atoms in total. The van der Waals surface area contributed by atoms with Crippen LogP contribution in [0.3, 0.4) is 0 Å². The van der Waals surface area contributed by atoms with Crippen molar-refractivity contribution in [1.29, 1.82) is 0 Å². The molecule has 2 aliphatic heterocycles. The molecule has 1 aromatic carbocycles. The number of ether oxygens (including phenoxy) is 2. The molecular formula is C22H23F3N2O3. The van der Waals surface area contributed by atoms with Gasteiger partial charge in [0.05, 0.1) is 20.3 Å². The molecule has 0 spiro atoms. The second kappa shape index (κ2) is 8.35. The van der Waals surface area contributed by atoms with E-state index >= 15 is 0 Å². The summed E-state index contributed by atoms with van der Waals surface area (Å²) in [6, 6.07) is 11.1. The van der Waals surface area contributed by atoms with Crippen LogP contribution in [0.2, 0.25) is 0 Å². The van der Waals surface area contributed by atoms with Gasteiger partial charge in [-0.2, -0.15) is 13.2 Å². The van der Waals surface area contributed by atoms with Crippen LogP contribution in [-0.2, 0) is 17.5 Å². The monoisotopic (exact) mass is 420 g/mol. The number of alkyl halides is 3. The van der Waals surface area contributed by atoms with Crippen molar-refractivity contribution in [1.82, 2.24) is 9.88 Å². The van der Waals surface area contributed by atoms with Crippen molar-refractivity contribution in [3.05, 3.63) is 59.3 Å². The number of aromatic nitrogens is 1. The molecule has 3 heterocycles. The van der Waals surface area contributed by atoms with E-state index in [1.54, 1.807) is 0 Å². The Labute approximate surface area is 172 Å². The number of carbonyl (C=O) groups is 1. The number of nitrogens with zero attached hydrogens (tertiary/aromatic N) is 2. The topological polar surface area (TPSA) is 51.7 Å². The zero-order chi connectivity index (χ0) is 21.3. The highest BCUT2D eigenvalue weighted by atomic mass is 19.4. The number of hydrogen-bond donors (Lipinski definition) is 0. The Balaban J connectivity index is 1.53. The minimum Gasteiger partial charge on any atom is -0.481 e. The molecule has 2 aliphatic rings. The van der Waals surface area contributed by atoms with Gasteiger partial charge in [-0.25, -0.2) is 4.98 Å². The summed E-state index contributed by atoms with van der Waals surface area (Å²) in [6.07, 6.45) is -2.36. The molecule has 30 heavy (non-hydrogen) atoms. The van der Waals surface area contributed by atoms with E-state index in [1.807, 2.05) is 18.2 Å². The van der Waals surface area contributed by atoms with E-state index in [9.17, 15) is 18.0 Å². The zero-order valence-electron chi connectivity index (χ0n) is 16.6. The van der Waals surface area contributed by atoms with Crippen molar-refractivity contribution in [2.45, 2.75) is 37.6 Å². The van der Waals surface area contributed by atoms with Crippen molar-refractivity contribution in [2.24, 2.45) is 5.92 Å². The maximum Gasteiger partial charge on any atom is 0.421 e. The zero-order valence-corrected chi connectivity index (χ0v) is 16.6. The SMILES string of the molecule is COc1ncc(C(=O)C2CC3COCC(C2)N3Cc2ccccc2)cc1C(F)(F)F. The lowest BCUT2D eigenvalue weighted by molar-refractivity contribution is -0.139. The molecule has 2 bridgehead atoms. The van der Waals surface area contributed by atoms with Crippen LogP contribution < -0.4 is 4.74 Å². The first kappa shape index (κ1) is 20.8. The van der Waals surface area contributed by atoms with Gasteiger partial charge in [-0.15, -0.1) is 0 Å². The molecular weight excluding hydrogens is 397 g/mol. The van der Waals surface area contributed by atoms with Gasteiger partial charge in [0, 0.05) is 36.3 Å². The number of carbonyl (C=O) groups excluding carboxylic acids is 1. The van der Waals surface area contributed by atoms with Gasteiger partial charge in [-0.1, -0.05) is 30.3 Å². The Kier molecular flexibility index (Phi) is 5.79. The first-order valence-corrected chi connectivity index (χ1v) is 9.89. The smallest absolute Gasteiger partial charge is 0.421 e. The maximum absolute atomic E-state index is 13.3. The number of Topliss-reactive ketones (excluding diaryl/α,β-unsaturated/α-hetero) is 1. The molecule has 2 saturated heterocycles. The van der Waals surface area contributed by atoms with Crippen molar-refractivity contribution >= 4 is 5.78 Å². The number of halogens is 3. The molecule has 0 radical (unpaired) electrons. The number of fused-ring (bicyclic) bond motifs is 2. The summed E-state index contributed by atoms with van der Waals surface area (Å²) in [7, 11) is 1.13. The Morgan fingerprint density at radius 1 is 1.20 bits per heavy atom. The molecule has 8 heteroatoms. The third-order valence-corrected chi connectivity index (χ3v) is 5.88. The van der Waals surface area contributed by atoms with Gasteiger partial charge in [-0.05, 0) is 24.5 Å². The quantitative estimate of drug-likeness (QED) is 0.685. The highest BCUT2D eigenvalue weighted by Gasteiger charge is 2.42. The summed E-state index contributed by atoms with van der Waals surface area (Å²) >= 11 is 0. The second-order valence-corrected chi connectivity index (χ2v) is 7.81. The molecule has 0 aliphatic carbocycles. The molecule has 2 atom stereocenters. The number of piperidine rings is 1. The lowest BCUT2D eigenvalue weighted by Crippen LogP contribution is -2.57. The third kappa shape index (κ3) is 4.20. The van der Waals surface area contributed by atoms with E-state index in [0.29, 0.717) is 26.1 Å². The molecule has 2 unspecified atom stereocenters.